The Morgan fingerprint density at radius 2 is 1.97 bits per heavy atom. The third-order valence-corrected chi connectivity index (χ3v) is 5.85. The van der Waals surface area contributed by atoms with Crippen molar-refractivity contribution in [1.29, 1.82) is 0 Å². The number of amides is 1. The molecule has 182 valence electrons. The van der Waals surface area contributed by atoms with E-state index >= 15 is 0 Å². The summed E-state index contributed by atoms with van der Waals surface area (Å²) >= 11 is 0. The predicted octanol–water partition coefficient (Wildman–Crippen LogP) is 2.83. The largest absolute Gasteiger partial charge is 0.467 e. The molecule has 0 spiro atoms. The number of hydrogen-bond donors (Lipinski definition) is 2. The Labute approximate surface area is 199 Å². The second-order valence-electron chi connectivity index (χ2n) is 8.72. The number of nitrogens with one attached hydrogen (secondary N) is 1. The van der Waals surface area contributed by atoms with Crippen molar-refractivity contribution in [3.63, 3.8) is 0 Å². The van der Waals surface area contributed by atoms with Crippen molar-refractivity contribution in [3.8, 4) is 0 Å². The fourth-order valence-electron chi connectivity index (χ4n) is 3.91. The molecule has 0 saturated carbocycles. The van der Waals surface area contributed by atoms with E-state index in [9.17, 15) is 9.90 Å². The number of aromatic nitrogens is 1. The van der Waals surface area contributed by atoms with Crippen LogP contribution in [0, 0.1) is 13.8 Å². The number of rotatable bonds is 10. The van der Waals surface area contributed by atoms with Crippen molar-refractivity contribution in [2.75, 3.05) is 44.6 Å². The van der Waals surface area contributed by atoms with E-state index in [0.29, 0.717) is 25.6 Å². The van der Waals surface area contributed by atoms with Crippen LogP contribution in [-0.4, -0.2) is 71.2 Å². The van der Waals surface area contributed by atoms with Crippen LogP contribution < -0.4 is 5.32 Å². The van der Waals surface area contributed by atoms with Crippen molar-refractivity contribution < 1.29 is 23.5 Å². The Bertz CT molecular complexity index is 1060. The van der Waals surface area contributed by atoms with Crippen LogP contribution >= 0.6 is 0 Å². The van der Waals surface area contributed by atoms with E-state index in [1.165, 1.54) is 6.26 Å². The van der Waals surface area contributed by atoms with Gasteiger partial charge in [-0.25, -0.2) is 4.98 Å². The van der Waals surface area contributed by atoms with E-state index in [2.05, 4.69) is 20.1 Å². The number of oxazole rings is 1. The van der Waals surface area contributed by atoms with Gasteiger partial charge in [0.15, 0.2) is 5.69 Å². The fourth-order valence-corrected chi connectivity index (χ4v) is 3.91. The third-order valence-electron chi connectivity index (χ3n) is 5.85. The van der Waals surface area contributed by atoms with E-state index < -0.39 is 6.10 Å². The lowest BCUT2D eigenvalue weighted by Gasteiger charge is -2.34. The summed E-state index contributed by atoms with van der Waals surface area (Å²) in [7, 11) is 0. The topological polar surface area (TPSA) is 104 Å². The van der Waals surface area contributed by atoms with Crippen molar-refractivity contribution in [3.05, 3.63) is 71.3 Å². The molecule has 1 aromatic carbocycles. The number of ether oxygens (including phenoxy) is 1. The molecule has 0 aliphatic carbocycles. The number of benzene rings is 1. The Hall–Kier alpha value is -2.98. The molecular weight excluding hydrogens is 436 g/mol. The van der Waals surface area contributed by atoms with Gasteiger partial charge in [-0.1, -0.05) is 12.1 Å². The first-order chi connectivity index (χ1) is 16.5. The average molecular weight is 469 g/mol. The smallest absolute Gasteiger partial charge is 0.277 e. The first-order valence-electron chi connectivity index (χ1n) is 11.5. The molecule has 9 nitrogen and oxygen atoms in total. The molecule has 2 aromatic heterocycles. The maximum atomic E-state index is 12.6. The minimum Gasteiger partial charge on any atom is -0.467 e. The van der Waals surface area contributed by atoms with Gasteiger partial charge in [0.2, 0.25) is 5.89 Å². The van der Waals surface area contributed by atoms with E-state index in [1.54, 1.807) is 6.26 Å². The number of piperazine rings is 1. The first kappa shape index (κ1) is 24.2. The number of aliphatic hydroxyl groups excluding tert-OH is 1. The highest BCUT2D eigenvalue weighted by Crippen LogP contribution is 2.18. The zero-order valence-corrected chi connectivity index (χ0v) is 19.7. The summed E-state index contributed by atoms with van der Waals surface area (Å²) < 4.78 is 16.3. The molecule has 3 aromatic rings. The molecule has 1 fully saturated rings. The lowest BCUT2D eigenvalue weighted by Crippen LogP contribution is -2.48. The van der Waals surface area contributed by atoms with Gasteiger partial charge in [0.25, 0.3) is 5.91 Å². The summed E-state index contributed by atoms with van der Waals surface area (Å²) in [5.74, 6) is 0.987. The van der Waals surface area contributed by atoms with Gasteiger partial charge in [-0.05, 0) is 43.2 Å². The lowest BCUT2D eigenvalue weighted by molar-refractivity contribution is -0.00353. The van der Waals surface area contributed by atoms with Gasteiger partial charge in [-0.2, -0.15) is 0 Å². The standard InChI is InChI=1S/C25H32N4O5/c1-18-5-6-19(2)22(12-18)27-25(31)23-17-34-24(26-23)14-29-9-7-28(8-10-29)13-20(30)15-32-16-21-4-3-11-33-21/h3-6,11-12,17,20,30H,7-10,13-16H2,1-2H3,(H,27,31). The molecule has 1 atom stereocenters. The van der Waals surface area contributed by atoms with Crippen LogP contribution in [0.3, 0.4) is 0 Å². The highest BCUT2D eigenvalue weighted by atomic mass is 16.5. The molecule has 1 saturated heterocycles. The minimum atomic E-state index is -0.550. The highest BCUT2D eigenvalue weighted by Gasteiger charge is 2.21. The number of aliphatic hydroxyl groups is 1. The number of anilines is 1. The number of carbonyl (C=O) groups excluding carboxylic acids is 1. The number of nitrogens with zero attached hydrogens (tertiary/aromatic N) is 3. The average Bonchev–Trinajstić information content (AvgIpc) is 3.50. The van der Waals surface area contributed by atoms with Crippen LogP contribution in [-0.2, 0) is 17.9 Å². The molecule has 9 heteroatoms. The lowest BCUT2D eigenvalue weighted by atomic mass is 10.1. The molecular formula is C25H32N4O5. The Kier molecular flexibility index (Phi) is 8.12. The molecule has 1 amide bonds. The zero-order chi connectivity index (χ0) is 23.9. The van der Waals surface area contributed by atoms with Gasteiger partial charge < -0.3 is 24.0 Å². The molecule has 1 aliphatic rings. The Morgan fingerprint density at radius 1 is 1.18 bits per heavy atom. The van der Waals surface area contributed by atoms with E-state index in [0.717, 1.165) is 48.8 Å². The molecule has 1 unspecified atom stereocenters. The van der Waals surface area contributed by atoms with Gasteiger partial charge in [0, 0.05) is 38.4 Å². The predicted molar refractivity (Wildman–Crippen MR) is 126 cm³/mol. The van der Waals surface area contributed by atoms with Crippen molar-refractivity contribution in [2.24, 2.45) is 0 Å². The van der Waals surface area contributed by atoms with Crippen LogP contribution in [0.5, 0.6) is 0 Å². The third kappa shape index (κ3) is 6.77. The second kappa shape index (κ2) is 11.4. The quantitative estimate of drug-likeness (QED) is 0.468. The maximum Gasteiger partial charge on any atom is 0.277 e. The first-order valence-corrected chi connectivity index (χ1v) is 11.5. The number of furan rings is 1. The van der Waals surface area contributed by atoms with Crippen LogP contribution in [0.25, 0.3) is 0 Å². The molecule has 4 rings (SSSR count). The van der Waals surface area contributed by atoms with Crippen LogP contribution in [0.4, 0.5) is 5.69 Å². The van der Waals surface area contributed by atoms with Crippen LogP contribution in [0.2, 0.25) is 0 Å². The van der Waals surface area contributed by atoms with Crippen molar-refractivity contribution >= 4 is 11.6 Å². The van der Waals surface area contributed by atoms with Gasteiger partial charge >= 0.3 is 0 Å². The second-order valence-corrected chi connectivity index (χ2v) is 8.72. The summed E-state index contributed by atoms with van der Waals surface area (Å²) in [6.07, 6.45) is 2.46. The number of β-amino-alcohol motifs (C(OH)–C–C–N with tert-alkyl or cyclic N) is 1. The summed E-state index contributed by atoms with van der Waals surface area (Å²) in [4.78, 5) is 21.4. The van der Waals surface area contributed by atoms with Crippen molar-refractivity contribution in [1.82, 2.24) is 14.8 Å². The maximum absolute atomic E-state index is 12.6. The molecule has 0 radical (unpaired) electrons. The molecule has 1 aliphatic heterocycles. The molecule has 3 heterocycles. The highest BCUT2D eigenvalue weighted by molar-refractivity contribution is 6.03. The molecule has 0 bridgehead atoms. The van der Waals surface area contributed by atoms with Crippen LogP contribution in [0.1, 0.15) is 33.3 Å². The van der Waals surface area contributed by atoms with Crippen molar-refractivity contribution in [2.45, 2.75) is 33.1 Å². The number of carbonyl (C=O) groups is 1. The zero-order valence-electron chi connectivity index (χ0n) is 19.7. The number of aryl methyl sites for hydroxylation is 2. The summed E-state index contributed by atoms with van der Waals surface area (Å²) in [6.45, 7) is 8.98. The normalized spacial score (nSPS) is 16.0. The Balaban J connectivity index is 1.18. The monoisotopic (exact) mass is 468 g/mol. The van der Waals surface area contributed by atoms with E-state index in [-0.39, 0.29) is 18.2 Å². The van der Waals surface area contributed by atoms with Gasteiger partial charge in [0.1, 0.15) is 18.6 Å². The molecule has 2 N–H and O–H groups in total. The fraction of sp³-hybridized carbons (Fsp3) is 0.440. The van der Waals surface area contributed by atoms with E-state index in [4.69, 9.17) is 13.6 Å². The summed E-state index contributed by atoms with van der Waals surface area (Å²) in [5, 5.41) is 13.2. The van der Waals surface area contributed by atoms with E-state index in [1.807, 2.05) is 44.2 Å². The van der Waals surface area contributed by atoms with Crippen LogP contribution in [0.15, 0.2) is 51.7 Å². The number of hydrogen-bond acceptors (Lipinski definition) is 8. The van der Waals surface area contributed by atoms with Gasteiger partial charge in [0.05, 0.1) is 25.5 Å². The minimum absolute atomic E-state index is 0.268. The van der Waals surface area contributed by atoms with Gasteiger partial charge in [-0.15, -0.1) is 0 Å². The summed E-state index contributed by atoms with van der Waals surface area (Å²) in [6, 6.07) is 9.59. The van der Waals surface area contributed by atoms with Gasteiger partial charge in [-0.3, -0.25) is 14.6 Å². The molecule has 34 heavy (non-hydrogen) atoms. The Morgan fingerprint density at radius 3 is 2.74 bits per heavy atom. The summed E-state index contributed by atoms with van der Waals surface area (Å²) in [5.41, 5.74) is 3.12. The SMILES string of the molecule is Cc1ccc(C)c(NC(=O)c2coc(CN3CCN(CC(O)COCc4ccco4)CC3)n2)c1.